The summed E-state index contributed by atoms with van der Waals surface area (Å²) in [6, 6.07) is 14.2. The summed E-state index contributed by atoms with van der Waals surface area (Å²) in [4.78, 5) is 46.8. The molecule has 3 aliphatic heterocycles. The maximum absolute atomic E-state index is 12.9. The lowest BCUT2D eigenvalue weighted by molar-refractivity contribution is -0.183. The summed E-state index contributed by atoms with van der Waals surface area (Å²) in [6.45, 7) is 7.15. The third-order valence-corrected chi connectivity index (χ3v) is 7.28. The SMILES string of the molecule is C[C@H](c1ccc(COc2cccc3c2CN(OC2CCC(=O)NC2=O)C3=O)cc1)N1CCN(C)CC1. The number of piperazine rings is 1. The molecule has 3 heterocycles. The molecule has 0 saturated carbocycles. The Morgan fingerprint density at radius 2 is 1.78 bits per heavy atom. The smallest absolute Gasteiger partial charge is 0.278 e. The number of imide groups is 1. The van der Waals surface area contributed by atoms with E-state index in [2.05, 4.69) is 53.4 Å². The molecule has 9 heteroatoms. The number of benzene rings is 2. The summed E-state index contributed by atoms with van der Waals surface area (Å²) in [7, 11) is 2.16. The fraction of sp³-hybridized carbons (Fsp3) is 0.444. The Kier molecular flexibility index (Phi) is 7.04. The molecule has 0 aliphatic carbocycles. The van der Waals surface area contributed by atoms with Gasteiger partial charge in [-0.25, -0.2) is 5.06 Å². The number of carbonyl (C=O) groups is 3. The van der Waals surface area contributed by atoms with E-state index in [1.54, 1.807) is 12.1 Å². The minimum atomic E-state index is -0.864. The molecule has 3 amide bonds. The van der Waals surface area contributed by atoms with Crippen molar-refractivity contribution in [3.63, 3.8) is 0 Å². The average Bonchev–Trinajstić information content (AvgIpc) is 3.20. The Hall–Kier alpha value is -3.27. The topological polar surface area (TPSA) is 91.4 Å². The van der Waals surface area contributed by atoms with Crippen LogP contribution in [0.5, 0.6) is 5.75 Å². The fourth-order valence-electron chi connectivity index (χ4n) is 4.90. The third kappa shape index (κ3) is 5.13. The van der Waals surface area contributed by atoms with Gasteiger partial charge in [-0.1, -0.05) is 30.3 Å². The van der Waals surface area contributed by atoms with Crippen molar-refractivity contribution in [2.45, 2.75) is 45.1 Å². The highest BCUT2D eigenvalue weighted by molar-refractivity contribution is 6.00. The van der Waals surface area contributed by atoms with E-state index in [1.807, 2.05) is 6.07 Å². The second-order valence-electron chi connectivity index (χ2n) is 9.71. The first-order valence-electron chi connectivity index (χ1n) is 12.5. The van der Waals surface area contributed by atoms with E-state index in [4.69, 9.17) is 9.57 Å². The van der Waals surface area contributed by atoms with E-state index in [0.29, 0.717) is 24.0 Å². The van der Waals surface area contributed by atoms with E-state index >= 15 is 0 Å². The third-order valence-electron chi connectivity index (χ3n) is 7.28. The number of fused-ring (bicyclic) bond motifs is 1. The molecule has 0 bridgehead atoms. The van der Waals surface area contributed by atoms with Crippen molar-refractivity contribution in [3.05, 3.63) is 64.7 Å². The van der Waals surface area contributed by atoms with Gasteiger partial charge in [-0.3, -0.25) is 29.4 Å². The minimum absolute atomic E-state index is 0.184. The molecule has 2 atom stereocenters. The number of rotatable bonds is 7. The maximum atomic E-state index is 12.9. The van der Waals surface area contributed by atoms with Gasteiger partial charge in [0.2, 0.25) is 5.91 Å². The van der Waals surface area contributed by atoms with Crippen LogP contribution in [0.2, 0.25) is 0 Å². The van der Waals surface area contributed by atoms with Gasteiger partial charge in [0.05, 0.1) is 12.1 Å². The first-order valence-corrected chi connectivity index (χ1v) is 12.5. The lowest BCUT2D eigenvalue weighted by Crippen LogP contribution is -2.47. The van der Waals surface area contributed by atoms with Gasteiger partial charge in [0, 0.05) is 44.2 Å². The van der Waals surface area contributed by atoms with Crippen LogP contribution in [0.25, 0.3) is 0 Å². The first-order chi connectivity index (χ1) is 17.4. The summed E-state index contributed by atoms with van der Waals surface area (Å²) in [5.74, 6) is -0.544. The van der Waals surface area contributed by atoms with E-state index in [1.165, 1.54) is 10.6 Å². The molecular formula is C27H32N4O5. The number of carbonyl (C=O) groups excluding carboxylic acids is 3. The zero-order valence-electron chi connectivity index (χ0n) is 20.7. The van der Waals surface area contributed by atoms with Crippen molar-refractivity contribution in [2.75, 3.05) is 33.2 Å². The van der Waals surface area contributed by atoms with Gasteiger partial charge in [0.25, 0.3) is 11.8 Å². The summed E-state index contributed by atoms with van der Waals surface area (Å²) in [5.41, 5.74) is 3.56. The van der Waals surface area contributed by atoms with Crippen LogP contribution in [0.15, 0.2) is 42.5 Å². The molecule has 36 heavy (non-hydrogen) atoms. The van der Waals surface area contributed by atoms with Gasteiger partial charge in [0.15, 0.2) is 6.10 Å². The van der Waals surface area contributed by atoms with Gasteiger partial charge in [-0.15, -0.1) is 0 Å². The van der Waals surface area contributed by atoms with Gasteiger partial charge in [-0.2, -0.15) is 0 Å². The van der Waals surface area contributed by atoms with Crippen LogP contribution < -0.4 is 10.1 Å². The summed E-state index contributed by atoms with van der Waals surface area (Å²) in [5, 5.41) is 3.44. The molecule has 9 nitrogen and oxygen atoms in total. The molecule has 2 fully saturated rings. The van der Waals surface area contributed by atoms with E-state index in [9.17, 15) is 14.4 Å². The summed E-state index contributed by atoms with van der Waals surface area (Å²) >= 11 is 0. The van der Waals surface area contributed by atoms with E-state index in [-0.39, 0.29) is 31.2 Å². The molecule has 0 radical (unpaired) electrons. The Labute approximate surface area is 210 Å². The number of nitrogens with one attached hydrogen (secondary N) is 1. The highest BCUT2D eigenvalue weighted by Gasteiger charge is 2.36. The van der Waals surface area contributed by atoms with Crippen molar-refractivity contribution < 1.29 is 24.0 Å². The van der Waals surface area contributed by atoms with E-state index in [0.717, 1.165) is 37.3 Å². The Bertz CT molecular complexity index is 1140. The molecule has 0 spiro atoms. The van der Waals surface area contributed by atoms with Crippen molar-refractivity contribution >= 4 is 17.7 Å². The van der Waals surface area contributed by atoms with Crippen LogP contribution in [0, 0.1) is 0 Å². The van der Waals surface area contributed by atoms with Gasteiger partial charge >= 0.3 is 0 Å². The molecule has 2 aromatic carbocycles. The van der Waals surface area contributed by atoms with Crippen LogP contribution in [-0.4, -0.2) is 71.9 Å². The van der Waals surface area contributed by atoms with Crippen molar-refractivity contribution in [2.24, 2.45) is 0 Å². The molecule has 190 valence electrons. The Balaban J connectivity index is 1.20. The number of hydroxylamine groups is 2. The van der Waals surface area contributed by atoms with Crippen molar-refractivity contribution in [1.82, 2.24) is 20.2 Å². The molecule has 0 aromatic heterocycles. The highest BCUT2D eigenvalue weighted by atomic mass is 16.7. The fourth-order valence-corrected chi connectivity index (χ4v) is 4.90. The number of hydrogen-bond donors (Lipinski definition) is 1. The number of ether oxygens (including phenoxy) is 1. The first kappa shape index (κ1) is 24.4. The van der Waals surface area contributed by atoms with Crippen LogP contribution in [0.1, 0.15) is 52.9 Å². The second kappa shape index (κ2) is 10.4. The summed E-state index contributed by atoms with van der Waals surface area (Å²) in [6.07, 6.45) is -0.429. The number of piperidine rings is 1. The lowest BCUT2D eigenvalue weighted by atomic mass is 10.0. The Morgan fingerprint density at radius 1 is 1.03 bits per heavy atom. The number of nitrogens with zero attached hydrogens (tertiary/aromatic N) is 3. The Morgan fingerprint density at radius 3 is 2.50 bits per heavy atom. The second-order valence-corrected chi connectivity index (χ2v) is 9.71. The standard InChI is InChI=1S/C27H32N4O5/c1-18(30-14-12-29(2)13-15-30)20-8-6-19(7-9-20)17-35-23-5-3-4-21-22(23)16-31(27(21)34)36-24-10-11-25(32)28-26(24)33/h3-9,18,24H,10-17H2,1-2H3,(H,28,32,33)/t18-,24?/m1/s1. The minimum Gasteiger partial charge on any atom is -0.489 e. The van der Waals surface area contributed by atoms with Crippen LogP contribution in [0.3, 0.4) is 0 Å². The number of amides is 3. The quantitative estimate of drug-likeness (QED) is 0.593. The van der Waals surface area contributed by atoms with Crippen LogP contribution in [-0.2, 0) is 27.6 Å². The maximum Gasteiger partial charge on any atom is 0.278 e. The summed E-state index contributed by atoms with van der Waals surface area (Å²) < 4.78 is 6.11. The highest BCUT2D eigenvalue weighted by Crippen LogP contribution is 2.32. The molecular weight excluding hydrogens is 460 g/mol. The molecule has 2 saturated heterocycles. The van der Waals surface area contributed by atoms with Gasteiger partial charge in [-0.05, 0) is 43.7 Å². The van der Waals surface area contributed by atoms with E-state index < -0.39 is 12.0 Å². The molecule has 1 unspecified atom stereocenters. The zero-order valence-corrected chi connectivity index (χ0v) is 20.7. The predicted molar refractivity (Wildman–Crippen MR) is 132 cm³/mol. The predicted octanol–water partition coefficient (Wildman–Crippen LogP) is 2.27. The van der Waals surface area contributed by atoms with Crippen LogP contribution >= 0.6 is 0 Å². The normalized spacial score (nSPS) is 21.9. The van der Waals surface area contributed by atoms with Crippen LogP contribution in [0.4, 0.5) is 0 Å². The molecule has 5 rings (SSSR count). The zero-order chi connectivity index (χ0) is 25.2. The average molecular weight is 493 g/mol. The molecule has 3 aliphatic rings. The lowest BCUT2D eigenvalue weighted by Gasteiger charge is -2.36. The number of hydrogen-bond acceptors (Lipinski definition) is 7. The largest absolute Gasteiger partial charge is 0.489 e. The molecule has 2 aromatic rings. The van der Waals surface area contributed by atoms with Gasteiger partial charge < -0.3 is 9.64 Å². The van der Waals surface area contributed by atoms with Crippen molar-refractivity contribution in [1.29, 1.82) is 0 Å². The van der Waals surface area contributed by atoms with Gasteiger partial charge in [0.1, 0.15) is 12.4 Å². The molecule has 1 N–H and O–H groups in total. The van der Waals surface area contributed by atoms with Crippen molar-refractivity contribution in [3.8, 4) is 5.75 Å². The monoisotopic (exact) mass is 492 g/mol. The number of likely N-dealkylation sites (N-methyl/N-ethyl adjacent to an activating group) is 1.